The second kappa shape index (κ2) is 5.38. The van der Waals surface area contributed by atoms with Crippen molar-refractivity contribution in [2.45, 2.75) is 58.9 Å². The fourth-order valence-corrected chi connectivity index (χ4v) is 2.31. The first-order valence-electron chi connectivity index (χ1n) is 6.10. The summed E-state index contributed by atoms with van der Waals surface area (Å²) < 4.78 is 0. The van der Waals surface area contributed by atoms with Crippen molar-refractivity contribution in [1.82, 2.24) is 5.32 Å². The van der Waals surface area contributed by atoms with Gasteiger partial charge in [0.15, 0.2) is 5.96 Å². The molecule has 3 N–H and O–H groups in total. The van der Waals surface area contributed by atoms with Crippen molar-refractivity contribution in [3.63, 3.8) is 0 Å². The van der Waals surface area contributed by atoms with E-state index in [9.17, 15) is 0 Å². The van der Waals surface area contributed by atoms with E-state index in [2.05, 4.69) is 31.1 Å². The molecule has 3 heteroatoms. The molecule has 15 heavy (non-hydrogen) atoms. The Hall–Kier alpha value is -0.730. The predicted molar refractivity (Wildman–Crippen MR) is 66.0 cm³/mol. The van der Waals surface area contributed by atoms with E-state index in [1.807, 2.05) is 0 Å². The first kappa shape index (κ1) is 12.3. The lowest BCUT2D eigenvalue weighted by Crippen LogP contribution is -2.44. The number of hydrogen-bond donors (Lipinski definition) is 2. The molecule has 0 spiro atoms. The number of hydrogen-bond acceptors (Lipinski definition) is 1. The summed E-state index contributed by atoms with van der Waals surface area (Å²) in [6.45, 7) is 7.61. The Bertz CT molecular complexity index is 221. The van der Waals surface area contributed by atoms with Gasteiger partial charge in [-0.05, 0) is 31.1 Å². The van der Waals surface area contributed by atoms with Crippen LogP contribution in [0.4, 0.5) is 0 Å². The van der Waals surface area contributed by atoms with Crippen molar-refractivity contribution in [1.29, 1.82) is 0 Å². The Morgan fingerprint density at radius 1 is 1.53 bits per heavy atom. The molecule has 1 rings (SSSR count). The van der Waals surface area contributed by atoms with Gasteiger partial charge in [-0.3, -0.25) is 4.99 Å². The predicted octanol–water partition coefficient (Wildman–Crippen LogP) is 2.27. The molecule has 0 amide bonds. The molecule has 1 atom stereocenters. The zero-order valence-electron chi connectivity index (χ0n) is 10.3. The van der Waals surface area contributed by atoms with Gasteiger partial charge in [0.25, 0.3) is 0 Å². The second-order valence-corrected chi connectivity index (χ2v) is 5.37. The van der Waals surface area contributed by atoms with Crippen LogP contribution in [0.25, 0.3) is 0 Å². The summed E-state index contributed by atoms with van der Waals surface area (Å²) in [4.78, 5) is 4.27. The number of nitrogens with two attached hydrogens (primary N) is 1. The molecule has 0 saturated heterocycles. The van der Waals surface area contributed by atoms with Gasteiger partial charge >= 0.3 is 0 Å². The molecular formula is C12H25N3. The number of rotatable bonds is 3. The van der Waals surface area contributed by atoms with Gasteiger partial charge in [0.05, 0.1) is 0 Å². The molecule has 0 bridgehead atoms. The van der Waals surface area contributed by atoms with E-state index < -0.39 is 0 Å². The van der Waals surface area contributed by atoms with Crippen molar-refractivity contribution in [2.24, 2.45) is 16.1 Å². The normalized spacial score (nSPS) is 26.3. The minimum Gasteiger partial charge on any atom is -0.370 e. The molecule has 1 unspecified atom stereocenters. The minimum atomic E-state index is 0.459. The number of guanidine groups is 1. The summed E-state index contributed by atoms with van der Waals surface area (Å²) in [5.74, 6) is 0.625. The van der Waals surface area contributed by atoms with Gasteiger partial charge in [-0.25, -0.2) is 0 Å². The summed E-state index contributed by atoms with van der Waals surface area (Å²) in [5, 5.41) is 3.34. The van der Waals surface area contributed by atoms with Crippen molar-refractivity contribution in [3.8, 4) is 0 Å². The molecule has 0 aliphatic heterocycles. The smallest absolute Gasteiger partial charge is 0.188 e. The molecule has 0 aromatic rings. The summed E-state index contributed by atoms with van der Waals surface area (Å²) in [5.41, 5.74) is 6.28. The van der Waals surface area contributed by atoms with Crippen molar-refractivity contribution >= 4 is 5.96 Å². The first-order chi connectivity index (χ1) is 7.03. The largest absolute Gasteiger partial charge is 0.370 e. The molecule has 0 aromatic carbocycles. The third kappa shape index (κ3) is 4.54. The maximum absolute atomic E-state index is 5.82. The average Bonchev–Trinajstić information content (AvgIpc) is 2.13. The molecule has 0 aromatic heterocycles. The highest BCUT2D eigenvalue weighted by atomic mass is 15.1. The fraction of sp³-hybridized carbons (Fsp3) is 0.917. The van der Waals surface area contributed by atoms with Gasteiger partial charge in [0, 0.05) is 12.6 Å². The summed E-state index contributed by atoms with van der Waals surface area (Å²) in [6.07, 6.45) is 6.11. The van der Waals surface area contributed by atoms with Crippen LogP contribution in [0, 0.1) is 5.41 Å². The Morgan fingerprint density at radius 3 is 2.87 bits per heavy atom. The Balaban J connectivity index is 2.38. The Kier molecular flexibility index (Phi) is 4.43. The summed E-state index contributed by atoms with van der Waals surface area (Å²) in [7, 11) is 0. The van der Waals surface area contributed by atoms with Crippen LogP contribution in [0.1, 0.15) is 52.9 Å². The molecule has 0 heterocycles. The highest BCUT2D eigenvalue weighted by Gasteiger charge is 2.27. The highest BCUT2D eigenvalue weighted by Crippen LogP contribution is 2.34. The van der Waals surface area contributed by atoms with Gasteiger partial charge in [-0.2, -0.15) is 0 Å². The maximum atomic E-state index is 5.82. The lowest BCUT2D eigenvalue weighted by molar-refractivity contribution is 0.210. The monoisotopic (exact) mass is 211 g/mol. The van der Waals surface area contributed by atoms with Gasteiger partial charge in [-0.1, -0.05) is 27.2 Å². The van der Waals surface area contributed by atoms with Crippen molar-refractivity contribution in [3.05, 3.63) is 0 Å². The average molecular weight is 211 g/mol. The Labute approximate surface area is 93.5 Å². The van der Waals surface area contributed by atoms with E-state index in [1.165, 1.54) is 25.7 Å². The Morgan fingerprint density at radius 2 is 2.27 bits per heavy atom. The summed E-state index contributed by atoms with van der Waals surface area (Å²) in [6, 6.07) is 0.523. The van der Waals surface area contributed by atoms with Crippen LogP contribution >= 0.6 is 0 Å². The van der Waals surface area contributed by atoms with Crippen LogP contribution < -0.4 is 11.1 Å². The lowest BCUT2D eigenvalue weighted by Gasteiger charge is -2.35. The quantitative estimate of drug-likeness (QED) is 0.556. The highest BCUT2D eigenvalue weighted by molar-refractivity contribution is 5.78. The SMILES string of the molecule is CCCN=C(N)NC1CCCC(C)(C)C1. The maximum Gasteiger partial charge on any atom is 0.188 e. The molecule has 88 valence electrons. The minimum absolute atomic E-state index is 0.459. The fourth-order valence-electron chi connectivity index (χ4n) is 2.31. The van der Waals surface area contributed by atoms with Gasteiger partial charge in [0.1, 0.15) is 0 Å². The van der Waals surface area contributed by atoms with Gasteiger partial charge < -0.3 is 11.1 Å². The lowest BCUT2D eigenvalue weighted by atomic mass is 9.75. The van der Waals surface area contributed by atoms with Gasteiger partial charge in [0.2, 0.25) is 0 Å². The van der Waals surface area contributed by atoms with E-state index in [1.54, 1.807) is 0 Å². The molecular weight excluding hydrogens is 186 g/mol. The zero-order valence-corrected chi connectivity index (χ0v) is 10.3. The van der Waals surface area contributed by atoms with Crippen LogP contribution in [0.2, 0.25) is 0 Å². The van der Waals surface area contributed by atoms with Crippen LogP contribution in [0.15, 0.2) is 4.99 Å². The molecule has 1 saturated carbocycles. The molecule has 0 radical (unpaired) electrons. The van der Waals surface area contributed by atoms with Crippen LogP contribution in [0.3, 0.4) is 0 Å². The first-order valence-corrected chi connectivity index (χ1v) is 6.10. The van der Waals surface area contributed by atoms with Crippen LogP contribution in [-0.4, -0.2) is 18.5 Å². The number of aliphatic imine (C=N–C) groups is 1. The number of nitrogens with one attached hydrogen (secondary N) is 1. The van der Waals surface area contributed by atoms with Crippen molar-refractivity contribution < 1.29 is 0 Å². The van der Waals surface area contributed by atoms with Crippen LogP contribution in [0.5, 0.6) is 0 Å². The van der Waals surface area contributed by atoms with Gasteiger partial charge in [-0.15, -0.1) is 0 Å². The van der Waals surface area contributed by atoms with E-state index in [-0.39, 0.29) is 0 Å². The van der Waals surface area contributed by atoms with E-state index >= 15 is 0 Å². The van der Waals surface area contributed by atoms with Crippen molar-refractivity contribution in [2.75, 3.05) is 6.54 Å². The number of nitrogens with zero attached hydrogens (tertiary/aromatic N) is 1. The molecule has 1 aliphatic rings. The van der Waals surface area contributed by atoms with E-state index in [4.69, 9.17) is 5.73 Å². The standard InChI is InChI=1S/C12H25N3/c1-4-8-14-11(13)15-10-6-5-7-12(2,3)9-10/h10H,4-9H2,1-3H3,(H3,13,14,15). The van der Waals surface area contributed by atoms with E-state index in [0.717, 1.165) is 13.0 Å². The van der Waals surface area contributed by atoms with E-state index in [0.29, 0.717) is 17.4 Å². The topological polar surface area (TPSA) is 50.4 Å². The second-order valence-electron chi connectivity index (χ2n) is 5.37. The molecule has 1 aliphatic carbocycles. The molecule has 3 nitrogen and oxygen atoms in total. The third-order valence-corrected chi connectivity index (χ3v) is 3.06. The third-order valence-electron chi connectivity index (χ3n) is 3.06. The van der Waals surface area contributed by atoms with Crippen LogP contribution in [-0.2, 0) is 0 Å². The molecule has 1 fully saturated rings. The summed E-state index contributed by atoms with van der Waals surface area (Å²) >= 11 is 0. The zero-order chi connectivity index (χ0) is 11.3.